The van der Waals surface area contributed by atoms with E-state index >= 15 is 0 Å². The van der Waals surface area contributed by atoms with Gasteiger partial charge in [-0.2, -0.15) is 4.37 Å². The summed E-state index contributed by atoms with van der Waals surface area (Å²) in [5, 5.41) is 13.3. The van der Waals surface area contributed by atoms with Crippen molar-refractivity contribution in [2.24, 2.45) is 5.41 Å². The zero-order valence-corrected chi connectivity index (χ0v) is 11.6. The standard InChI is InChI=1S/C12H21N3OS/c1-11(2,3)9-14-10(17-15-9)13-8-12(4-5-12)6-7-16/h16H,4-8H2,1-3H3,(H,13,14,15). The van der Waals surface area contributed by atoms with Crippen LogP contribution in [0.5, 0.6) is 0 Å². The van der Waals surface area contributed by atoms with E-state index in [2.05, 4.69) is 35.4 Å². The van der Waals surface area contributed by atoms with Gasteiger partial charge in [-0.25, -0.2) is 4.98 Å². The summed E-state index contributed by atoms with van der Waals surface area (Å²) in [5.41, 5.74) is 0.334. The van der Waals surface area contributed by atoms with Crippen LogP contribution >= 0.6 is 11.5 Å². The lowest BCUT2D eigenvalue weighted by molar-refractivity contribution is 0.253. The molecule has 0 amide bonds. The molecule has 5 heteroatoms. The zero-order valence-electron chi connectivity index (χ0n) is 10.8. The van der Waals surface area contributed by atoms with Crippen molar-refractivity contribution < 1.29 is 5.11 Å². The Hall–Kier alpha value is -0.680. The molecular weight excluding hydrogens is 234 g/mol. The van der Waals surface area contributed by atoms with E-state index < -0.39 is 0 Å². The van der Waals surface area contributed by atoms with Gasteiger partial charge in [-0.3, -0.25) is 0 Å². The third-order valence-electron chi connectivity index (χ3n) is 3.31. The van der Waals surface area contributed by atoms with Crippen molar-refractivity contribution in [1.29, 1.82) is 0 Å². The van der Waals surface area contributed by atoms with Crippen molar-refractivity contribution in [3.05, 3.63) is 5.82 Å². The van der Waals surface area contributed by atoms with Crippen LogP contribution in [0.3, 0.4) is 0 Å². The van der Waals surface area contributed by atoms with Gasteiger partial charge in [0, 0.05) is 30.1 Å². The van der Waals surface area contributed by atoms with Crippen LogP contribution in [0.2, 0.25) is 0 Å². The van der Waals surface area contributed by atoms with Crippen molar-refractivity contribution in [2.45, 2.75) is 45.4 Å². The van der Waals surface area contributed by atoms with Gasteiger partial charge < -0.3 is 10.4 Å². The number of hydrogen-bond donors (Lipinski definition) is 2. The normalized spacial score (nSPS) is 18.1. The molecule has 1 aromatic heterocycles. The fourth-order valence-electron chi connectivity index (χ4n) is 1.79. The van der Waals surface area contributed by atoms with Crippen LogP contribution in [0.15, 0.2) is 0 Å². The van der Waals surface area contributed by atoms with E-state index in [0.717, 1.165) is 23.9 Å². The van der Waals surface area contributed by atoms with E-state index in [1.54, 1.807) is 0 Å². The Balaban J connectivity index is 1.90. The fourth-order valence-corrected chi connectivity index (χ4v) is 2.54. The van der Waals surface area contributed by atoms with Crippen LogP contribution in [0.4, 0.5) is 5.13 Å². The Morgan fingerprint density at radius 1 is 1.41 bits per heavy atom. The van der Waals surface area contributed by atoms with E-state index in [1.165, 1.54) is 24.4 Å². The fraction of sp³-hybridized carbons (Fsp3) is 0.833. The Bertz CT molecular complexity index is 379. The van der Waals surface area contributed by atoms with Crippen LogP contribution in [-0.4, -0.2) is 27.6 Å². The van der Waals surface area contributed by atoms with Gasteiger partial charge in [0.25, 0.3) is 0 Å². The second kappa shape index (κ2) is 4.53. The van der Waals surface area contributed by atoms with Crippen LogP contribution in [0.25, 0.3) is 0 Å². The van der Waals surface area contributed by atoms with E-state index in [4.69, 9.17) is 5.11 Å². The smallest absolute Gasteiger partial charge is 0.202 e. The molecule has 0 aromatic carbocycles. The zero-order chi connectivity index (χ0) is 12.5. The van der Waals surface area contributed by atoms with Gasteiger partial charge in [-0.05, 0) is 24.7 Å². The highest BCUT2D eigenvalue weighted by atomic mass is 32.1. The Kier molecular flexibility index (Phi) is 3.41. The first-order valence-electron chi connectivity index (χ1n) is 6.14. The lowest BCUT2D eigenvalue weighted by Gasteiger charge is -2.14. The molecule has 4 nitrogen and oxygen atoms in total. The van der Waals surface area contributed by atoms with E-state index in [9.17, 15) is 0 Å². The van der Waals surface area contributed by atoms with Gasteiger partial charge >= 0.3 is 0 Å². The van der Waals surface area contributed by atoms with Crippen LogP contribution < -0.4 is 5.32 Å². The molecule has 2 rings (SSSR count). The van der Waals surface area contributed by atoms with Gasteiger partial charge in [-0.15, -0.1) is 0 Å². The van der Waals surface area contributed by atoms with Crippen LogP contribution in [0.1, 0.15) is 45.9 Å². The number of aromatic nitrogens is 2. The molecule has 0 spiro atoms. The minimum Gasteiger partial charge on any atom is -0.396 e. The maximum atomic E-state index is 9.00. The highest BCUT2D eigenvalue weighted by Crippen LogP contribution is 2.48. The maximum Gasteiger partial charge on any atom is 0.202 e. The Labute approximate surface area is 107 Å². The van der Waals surface area contributed by atoms with Crippen LogP contribution in [0, 0.1) is 5.41 Å². The number of hydrogen-bond acceptors (Lipinski definition) is 5. The summed E-state index contributed by atoms with van der Waals surface area (Å²) < 4.78 is 4.37. The first kappa shape index (κ1) is 12.8. The number of nitrogens with one attached hydrogen (secondary N) is 1. The second-order valence-corrected chi connectivity index (χ2v) is 6.75. The summed E-state index contributed by atoms with van der Waals surface area (Å²) in [6.45, 7) is 7.55. The van der Waals surface area contributed by atoms with Crippen molar-refractivity contribution in [3.8, 4) is 0 Å². The molecule has 96 valence electrons. The molecule has 1 heterocycles. The summed E-state index contributed by atoms with van der Waals surface area (Å²) in [6, 6.07) is 0. The van der Waals surface area contributed by atoms with Gasteiger partial charge in [0.15, 0.2) is 0 Å². The summed E-state index contributed by atoms with van der Waals surface area (Å²) >= 11 is 1.43. The van der Waals surface area contributed by atoms with Crippen LogP contribution in [-0.2, 0) is 5.41 Å². The van der Waals surface area contributed by atoms with E-state index in [0.29, 0.717) is 5.41 Å². The Morgan fingerprint density at radius 2 is 2.12 bits per heavy atom. The molecule has 17 heavy (non-hydrogen) atoms. The van der Waals surface area contributed by atoms with Crippen molar-refractivity contribution in [2.75, 3.05) is 18.5 Å². The number of aliphatic hydroxyl groups is 1. The molecule has 0 atom stereocenters. The summed E-state index contributed by atoms with van der Waals surface area (Å²) in [6.07, 6.45) is 3.32. The number of anilines is 1. The van der Waals surface area contributed by atoms with Gasteiger partial charge in [0.05, 0.1) is 0 Å². The number of aliphatic hydroxyl groups excluding tert-OH is 1. The lowest BCUT2D eigenvalue weighted by Crippen LogP contribution is -2.17. The third-order valence-corrected chi connectivity index (χ3v) is 3.98. The quantitative estimate of drug-likeness (QED) is 0.848. The first-order valence-corrected chi connectivity index (χ1v) is 6.91. The summed E-state index contributed by atoms with van der Waals surface area (Å²) in [5.74, 6) is 0.900. The average Bonchev–Trinajstić information content (AvgIpc) is 2.82. The molecule has 0 saturated heterocycles. The largest absolute Gasteiger partial charge is 0.396 e. The highest BCUT2D eigenvalue weighted by molar-refractivity contribution is 7.09. The summed E-state index contributed by atoms with van der Waals surface area (Å²) in [7, 11) is 0. The minimum absolute atomic E-state index is 0.0127. The lowest BCUT2D eigenvalue weighted by atomic mass is 9.96. The van der Waals surface area contributed by atoms with E-state index in [1.807, 2.05) is 0 Å². The topological polar surface area (TPSA) is 58.0 Å². The molecule has 1 fully saturated rings. The Morgan fingerprint density at radius 3 is 2.59 bits per heavy atom. The predicted molar refractivity (Wildman–Crippen MR) is 70.5 cm³/mol. The van der Waals surface area contributed by atoms with Crippen molar-refractivity contribution in [3.63, 3.8) is 0 Å². The predicted octanol–water partition coefficient (Wildman–Crippen LogP) is 2.41. The third kappa shape index (κ3) is 3.16. The summed E-state index contributed by atoms with van der Waals surface area (Å²) in [4.78, 5) is 4.51. The van der Waals surface area contributed by atoms with Crippen molar-refractivity contribution in [1.82, 2.24) is 9.36 Å². The molecule has 0 bridgehead atoms. The molecular formula is C12H21N3OS. The van der Waals surface area contributed by atoms with E-state index in [-0.39, 0.29) is 12.0 Å². The van der Waals surface area contributed by atoms with Gasteiger partial charge in [0.1, 0.15) is 5.82 Å². The number of nitrogens with zero attached hydrogens (tertiary/aromatic N) is 2. The minimum atomic E-state index is 0.0127. The first-order chi connectivity index (χ1) is 7.95. The molecule has 1 aromatic rings. The molecule has 1 aliphatic carbocycles. The SMILES string of the molecule is CC(C)(C)c1nsc(NCC2(CCO)CC2)n1. The molecule has 1 aliphatic rings. The molecule has 1 saturated carbocycles. The van der Waals surface area contributed by atoms with Gasteiger partial charge in [-0.1, -0.05) is 20.8 Å². The average molecular weight is 255 g/mol. The number of rotatable bonds is 5. The van der Waals surface area contributed by atoms with Crippen molar-refractivity contribution >= 4 is 16.7 Å². The molecule has 0 unspecified atom stereocenters. The monoisotopic (exact) mass is 255 g/mol. The second-order valence-electron chi connectivity index (χ2n) is 6.00. The molecule has 0 aliphatic heterocycles. The molecule has 0 radical (unpaired) electrons. The van der Waals surface area contributed by atoms with Gasteiger partial charge in [0.2, 0.25) is 5.13 Å². The maximum absolute atomic E-state index is 9.00. The molecule has 2 N–H and O–H groups in total. The highest BCUT2D eigenvalue weighted by Gasteiger charge is 2.41.